The molecule has 0 saturated heterocycles. The third-order valence-electron chi connectivity index (χ3n) is 11.2. The van der Waals surface area contributed by atoms with Crippen molar-refractivity contribution in [1.29, 1.82) is 0 Å². The van der Waals surface area contributed by atoms with Crippen LogP contribution in [0.3, 0.4) is 0 Å². The molecule has 0 unspecified atom stereocenters. The van der Waals surface area contributed by atoms with Crippen LogP contribution in [0.15, 0.2) is 0 Å². The molecule has 0 rings (SSSR count). The number of carbonyl (C=O) groups is 3. The Bertz CT molecular complexity index is 890. The minimum Gasteiger partial charge on any atom is -0.466 e. The van der Waals surface area contributed by atoms with Crippen LogP contribution < -0.4 is 0 Å². The van der Waals surface area contributed by atoms with Crippen LogP contribution in [-0.4, -0.2) is 94.0 Å². The smallest absolute Gasteiger partial charge is 0.306 e. The van der Waals surface area contributed by atoms with Crippen molar-refractivity contribution in [3.05, 3.63) is 0 Å². The van der Waals surface area contributed by atoms with Gasteiger partial charge in [-0.1, -0.05) is 142 Å². The summed E-state index contributed by atoms with van der Waals surface area (Å²) in [7, 11) is 4.03. The summed E-state index contributed by atoms with van der Waals surface area (Å²) < 4.78 is 29.2. The summed E-state index contributed by atoms with van der Waals surface area (Å²) in [5.41, 5.74) is 0. The molecule has 0 spiro atoms. The molecule has 0 radical (unpaired) electrons. The van der Waals surface area contributed by atoms with Crippen LogP contribution in [-0.2, 0) is 28.6 Å². The molecule has 0 N–H and O–H groups in total. The highest BCUT2D eigenvalue weighted by atomic mass is 19.1. The van der Waals surface area contributed by atoms with Crippen molar-refractivity contribution in [1.82, 2.24) is 9.80 Å². The Hall–Kier alpha value is -1.74. The van der Waals surface area contributed by atoms with Crippen molar-refractivity contribution in [2.24, 2.45) is 0 Å². The molecular formula is C49H95FN2O6. The van der Waals surface area contributed by atoms with Crippen LogP contribution in [0, 0.1) is 0 Å². The summed E-state index contributed by atoms with van der Waals surface area (Å²) >= 11 is 0. The Morgan fingerprint density at radius 2 is 0.845 bits per heavy atom. The molecule has 58 heavy (non-hydrogen) atoms. The Balaban J connectivity index is 4.44. The van der Waals surface area contributed by atoms with Gasteiger partial charge in [0.2, 0.25) is 0 Å². The minimum atomic E-state index is -0.227. The Morgan fingerprint density at radius 3 is 1.36 bits per heavy atom. The SMILES string of the molecule is CCCCCCCCC(CCCCCCCC)OC(=O)CCCCCCCN(CCCCCCCC(=O)OCCCCCCCCF)CCOC(=O)CCCN(C)C. The highest BCUT2D eigenvalue weighted by Gasteiger charge is 2.15. The molecule has 0 aliphatic heterocycles. The maximum atomic E-state index is 12.8. The fourth-order valence-corrected chi connectivity index (χ4v) is 7.48. The third-order valence-corrected chi connectivity index (χ3v) is 11.2. The summed E-state index contributed by atoms with van der Waals surface area (Å²) in [5, 5.41) is 0. The zero-order valence-electron chi connectivity index (χ0n) is 38.8. The minimum absolute atomic E-state index is 0.00532. The second-order valence-corrected chi connectivity index (χ2v) is 17.3. The zero-order chi connectivity index (χ0) is 42.6. The first-order valence-electron chi connectivity index (χ1n) is 24.8. The van der Waals surface area contributed by atoms with Gasteiger partial charge in [0.05, 0.1) is 13.3 Å². The van der Waals surface area contributed by atoms with Crippen molar-refractivity contribution in [2.75, 3.05) is 60.2 Å². The lowest BCUT2D eigenvalue weighted by atomic mass is 10.0. The van der Waals surface area contributed by atoms with Crippen molar-refractivity contribution < 1.29 is 33.0 Å². The molecule has 0 atom stereocenters. The lowest BCUT2D eigenvalue weighted by Crippen LogP contribution is -2.30. The number of hydrogen-bond donors (Lipinski definition) is 0. The quantitative estimate of drug-likeness (QED) is 0.0341. The van der Waals surface area contributed by atoms with Crippen LogP contribution in [0.5, 0.6) is 0 Å². The van der Waals surface area contributed by atoms with E-state index >= 15 is 0 Å². The summed E-state index contributed by atoms with van der Waals surface area (Å²) in [4.78, 5) is 41.7. The van der Waals surface area contributed by atoms with Crippen molar-refractivity contribution >= 4 is 17.9 Å². The van der Waals surface area contributed by atoms with E-state index in [0.29, 0.717) is 38.9 Å². The fraction of sp³-hybridized carbons (Fsp3) is 0.939. The number of unbranched alkanes of at least 4 members (excludes halogenated alkanes) is 23. The van der Waals surface area contributed by atoms with Gasteiger partial charge in [0, 0.05) is 25.8 Å². The number of hydrogen-bond acceptors (Lipinski definition) is 8. The highest BCUT2D eigenvalue weighted by Crippen LogP contribution is 2.19. The molecule has 8 nitrogen and oxygen atoms in total. The van der Waals surface area contributed by atoms with E-state index in [1.165, 1.54) is 77.0 Å². The largest absolute Gasteiger partial charge is 0.466 e. The van der Waals surface area contributed by atoms with Crippen molar-refractivity contribution in [3.8, 4) is 0 Å². The van der Waals surface area contributed by atoms with Gasteiger partial charge in [0.15, 0.2) is 0 Å². The van der Waals surface area contributed by atoms with E-state index in [4.69, 9.17) is 14.2 Å². The van der Waals surface area contributed by atoms with Crippen molar-refractivity contribution in [3.63, 3.8) is 0 Å². The van der Waals surface area contributed by atoms with Gasteiger partial charge in [-0.3, -0.25) is 23.7 Å². The maximum absolute atomic E-state index is 12.8. The molecule has 0 fully saturated rings. The van der Waals surface area contributed by atoms with Crippen LogP contribution in [0.4, 0.5) is 4.39 Å². The summed E-state index contributed by atoms with van der Waals surface area (Å²) in [6, 6.07) is 0. The van der Waals surface area contributed by atoms with Gasteiger partial charge in [0.25, 0.3) is 0 Å². The first-order valence-corrected chi connectivity index (χ1v) is 24.8. The van der Waals surface area contributed by atoms with E-state index in [1.807, 2.05) is 14.1 Å². The fourth-order valence-electron chi connectivity index (χ4n) is 7.48. The van der Waals surface area contributed by atoms with E-state index < -0.39 is 0 Å². The molecule has 0 bridgehead atoms. The third kappa shape index (κ3) is 42.4. The van der Waals surface area contributed by atoms with E-state index in [9.17, 15) is 18.8 Å². The Labute approximate surface area is 358 Å². The molecule has 344 valence electrons. The summed E-state index contributed by atoms with van der Waals surface area (Å²) in [6.45, 7) is 8.83. The van der Waals surface area contributed by atoms with Gasteiger partial charge in [0.1, 0.15) is 12.7 Å². The molecule has 0 aromatic heterocycles. The first-order chi connectivity index (χ1) is 28.3. The number of carbonyl (C=O) groups excluding carboxylic acids is 3. The van der Waals surface area contributed by atoms with E-state index in [1.54, 1.807) is 0 Å². The second-order valence-electron chi connectivity index (χ2n) is 17.3. The van der Waals surface area contributed by atoms with Crippen LogP contribution in [0.1, 0.15) is 232 Å². The van der Waals surface area contributed by atoms with Crippen LogP contribution in [0.25, 0.3) is 0 Å². The van der Waals surface area contributed by atoms with Gasteiger partial charge in [-0.2, -0.15) is 0 Å². The van der Waals surface area contributed by atoms with E-state index in [0.717, 1.165) is 142 Å². The molecule has 0 saturated carbocycles. The monoisotopic (exact) mass is 827 g/mol. The highest BCUT2D eigenvalue weighted by molar-refractivity contribution is 5.70. The number of alkyl halides is 1. The molecule has 0 aliphatic carbocycles. The average molecular weight is 827 g/mol. The number of nitrogens with zero attached hydrogens (tertiary/aromatic N) is 2. The Morgan fingerprint density at radius 1 is 0.431 bits per heavy atom. The average Bonchev–Trinajstić information content (AvgIpc) is 3.20. The lowest BCUT2D eigenvalue weighted by molar-refractivity contribution is -0.150. The molecule has 0 amide bonds. The van der Waals surface area contributed by atoms with E-state index in [2.05, 4.69) is 23.6 Å². The lowest BCUT2D eigenvalue weighted by Gasteiger charge is -2.22. The topological polar surface area (TPSA) is 85.4 Å². The van der Waals surface area contributed by atoms with Gasteiger partial charge in [-0.25, -0.2) is 0 Å². The van der Waals surface area contributed by atoms with Crippen molar-refractivity contribution in [2.45, 2.75) is 238 Å². The zero-order valence-corrected chi connectivity index (χ0v) is 38.8. The number of ether oxygens (including phenoxy) is 3. The number of rotatable bonds is 46. The Kier molecular flexibility index (Phi) is 43.5. The number of esters is 3. The normalized spacial score (nSPS) is 11.6. The standard InChI is InChI=1S/C49H95FN2O6/c1-5-7-9-11-17-25-34-46(35-26-18-12-10-8-6-2)58-49(55)37-28-20-16-23-31-42-52(43-45-57-48(54)38-33-40-51(3)4)41-30-22-15-19-27-36-47(53)56-44-32-24-14-13-21-29-39-50/h46H,5-45H2,1-4H3. The summed E-state index contributed by atoms with van der Waals surface area (Å²) in [6.07, 6.45) is 35.8. The predicted molar refractivity (Wildman–Crippen MR) is 241 cm³/mol. The molecule has 9 heteroatoms. The van der Waals surface area contributed by atoms with Gasteiger partial charge < -0.3 is 19.1 Å². The van der Waals surface area contributed by atoms with Crippen LogP contribution in [0.2, 0.25) is 0 Å². The molecule has 0 aromatic rings. The van der Waals surface area contributed by atoms with Crippen LogP contribution >= 0.6 is 0 Å². The molecule has 0 aromatic carbocycles. The molecule has 0 aliphatic rings. The molecular weight excluding hydrogens is 732 g/mol. The maximum Gasteiger partial charge on any atom is 0.306 e. The predicted octanol–water partition coefficient (Wildman–Crippen LogP) is 13.1. The number of halogens is 1. The molecule has 0 heterocycles. The second kappa shape index (κ2) is 44.8. The van der Waals surface area contributed by atoms with E-state index in [-0.39, 0.29) is 30.7 Å². The van der Waals surface area contributed by atoms with Gasteiger partial charge >= 0.3 is 17.9 Å². The first kappa shape index (κ1) is 56.3. The van der Waals surface area contributed by atoms with Gasteiger partial charge in [-0.15, -0.1) is 0 Å². The van der Waals surface area contributed by atoms with Gasteiger partial charge in [-0.05, 0) is 104 Å². The summed E-state index contributed by atoms with van der Waals surface area (Å²) in [5.74, 6) is -0.208.